The minimum atomic E-state index is -1.00. The van der Waals surface area contributed by atoms with Gasteiger partial charge in [0.05, 0.1) is 22.4 Å². The van der Waals surface area contributed by atoms with Crippen molar-refractivity contribution >= 4 is 21.7 Å². The van der Waals surface area contributed by atoms with Gasteiger partial charge in [-0.3, -0.25) is 4.90 Å². The van der Waals surface area contributed by atoms with Crippen LogP contribution >= 0.6 is 11.3 Å². The third kappa shape index (κ3) is 4.08. The fraction of sp³-hybridized carbons (Fsp3) is 0.762. The van der Waals surface area contributed by atoms with E-state index in [1.165, 1.54) is 30.7 Å². The first-order valence-electron chi connectivity index (χ1n) is 10.4. The van der Waals surface area contributed by atoms with E-state index in [0.29, 0.717) is 30.8 Å². The molecule has 4 rings (SSSR count). The van der Waals surface area contributed by atoms with Crippen LogP contribution in [0.25, 0.3) is 10.3 Å². The lowest BCUT2D eigenvalue weighted by Gasteiger charge is -2.39. The van der Waals surface area contributed by atoms with Crippen molar-refractivity contribution in [3.8, 4) is 0 Å². The van der Waals surface area contributed by atoms with Gasteiger partial charge in [0.2, 0.25) is 0 Å². The summed E-state index contributed by atoms with van der Waals surface area (Å²) in [7, 11) is 0. The zero-order valence-corrected chi connectivity index (χ0v) is 18.2. The number of β-amino-alcohol motifs (C(OH)–C–C–N with tert-alkyl or cyclic N) is 1. The van der Waals surface area contributed by atoms with Gasteiger partial charge in [0.1, 0.15) is 16.2 Å². The molecule has 2 aromatic rings. The summed E-state index contributed by atoms with van der Waals surface area (Å²) in [6, 6.07) is 0. The summed E-state index contributed by atoms with van der Waals surface area (Å²) in [5.74, 6) is 1.30. The number of aliphatic hydroxyl groups is 2. The maximum atomic E-state index is 10.2. The first-order chi connectivity index (χ1) is 13.1. The number of aromatic nitrogens is 3. The highest BCUT2D eigenvalue weighted by Crippen LogP contribution is 2.44. The number of hydrogen-bond donors (Lipinski definition) is 2. The third-order valence-electron chi connectivity index (χ3n) is 6.60. The first kappa shape index (κ1) is 20.1. The summed E-state index contributed by atoms with van der Waals surface area (Å²) in [5.41, 5.74) is 1.30. The Morgan fingerprint density at radius 2 is 1.82 bits per heavy atom. The molecule has 2 atom stereocenters. The average molecular weight is 405 g/mol. The zero-order chi connectivity index (χ0) is 20.1. The Bertz CT molecular complexity index is 853. The molecule has 2 N–H and O–H groups in total. The molecule has 0 radical (unpaired) electrons. The van der Waals surface area contributed by atoms with Crippen molar-refractivity contribution < 1.29 is 10.2 Å². The van der Waals surface area contributed by atoms with Crippen LogP contribution in [0.15, 0.2) is 0 Å². The molecular formula is C21H32N4O2S. The number of aryl methyl sites for hydroxylation is 1. The van der Waals surface area contributed by atoms with Gasteiger partial charge in [-0.05, 0) is 51.4 Å². The number of fused-ring (bicyclic) bond motifs is 1. The lowest BCUT2D eigenvalue weighted by molar-refractivity contribution is -0.108. The summed E-state index contributed by atoms with van der Waals surface area (Å²) in [5, 5.41) is 21.6. The van der Waals surface area contributed by atoms with Crippen LogP contribution in [0.4, 0.5) is 0 Å². The molecule has 1 aliphatic carbocycles. The molecule has 6 nitrogen and oxygen atoms in total. The Kier molecular flexibility index (Phi) is 5.23. The van der Waals surface area contributed by atoms with E-state index in [9.17, 15) is 10.2 Å². The summed E-state index contributed by atoms with van der Waals surface area (Å²) < 4.78 is 0. The predicted molar refractivity (Wildman–Crippen MR) is 111 cm³/mol. The van der Waals surface area contributed by atoms with E-state index in [4.69, 9.17) is 4.98 Å². The van der Waals surface area contributed by atoms with E-state index in [1.54, 1.807) is 18.3 Å². The molecule has 0 bridgehead atoms. The number of rotatable bonds is 3. The molecule has 1 saturated heterocycles. The summed E-state index contributed by atoms with van der Waals surface area (Å²) in [6.45, 7) is 10.2. The summed E-state index contributed by atoms with van der Waals surface area (Å²) in [4.78, 5) is 17.5. The van der Waals surface area contributed by atoms with E-state index >= 15 is 0 Å². The van der Waals surface area contributed by atoms with Crippen LogP contribution in [-0.2, 0) is 6.54 Å². The topological polar surface area (TPSA) is 82.4 Å². The molecule has 154 valence electrons. The van der Waals surface area contributed by atoms with Crippen LogP contribution in [-0.4, -0.2) is 54.9 Å². The smallest absolute Gasteiger partial charge is 0.147 e. The molecule has 1 saturated carbocycles. The second kappa shape index (κ2) is 7.27. The van der Waals surface area contributed by atoms with E-state index in [0.717, 1.165) is 28.4 Å². The molecule has 0 aromatic carbocycles. The number of aliphatic hydroxyl groups excluding tert-OH is 1. The van der Waals surface area contributed by atoms with Crippen molar-refractivity contribution in [3.05, 3.63) is 16.5 Å². The number of hydrogen-bond acceptors (Lipinski definition) is 7. The standard InChI is InChI=1S/C21H32N4O2S/c1-13-22-15(11-25-10-9-21(4,27)16(26)12-25)17-19(23-13)28-18(24-17)14-5-7-20(2,3)8-6-14/h14,16,26-27H,5-12H2,1-4H3/t16-,21-/m0/s1. The highest BCUT2D eigenvalue weighted by atomic mass is 32.1. The first-order valence-corrected chi connectivity index (χ1v) is 11.2. The normalized spacial score (nSPS) is 29.4. The van der Waals surface area contributed by atoms with Crippen LogP contribution < -0.4 is 0 Å². The van der Waals surface area contributed by atoms with E-state index in [2.05, 4.69) is 28.7 Å². The SMILES string of the molecule is Cc1nc(CN2CC[C@](C)(O)[C@@H](O)C2)c2nc(C3CCC(C)(C)CC3)sc2n1. The van der Waals surface area contributed by atoms with Crippen molar-refractivity contribution in [2.75, 3.05) is 13.1 Å². The quantitative estimate of drug-likeness (QED) is 0.816. The summed E-state index contributed by atoms with van der Waals surface area (Å²) in [6.07, 6.45) is 4.70. The van der Waals surface area contributed by atoms with Gasteiger partial charge in [0.25, 0.3) is 0 Å². The third-order valence-corrected chi connectivity index (χ3v) is 7.72. The maximum absolute atomic E-state index is 10.2. The lowest BCUT2D eigenvalue weighted by atomic mass is 9.73. The monoisotopic (exact) mass is 404 g/mol. The second-order valence-corrected chi connectivity index (χ2v) is 10.7. The minimum absolute atomic E-state index is 0.449. The average Bonchev–Trinajstić information content (AvgIpc) is 3.02. The van der Waals surface area contributed by atoms with Crippen molar-refractivity contribution in [3.63, 3.8) is 0 Å². The van der Waals surface area contributed by atoms with E-state index in [1.807, 2.05) is 6.92 Å². The molecule has 0 spiro atoms. The molecule has 7 heteroatoms. The van der Waals surface area contributed by atoms with Crippen LogP contribution in [0.2, 0.25) is 0 Å². The lowest BCUT2D eigenvalue weighted by Crippen LogP contribution is -2.53. The van der Waals surface area contributed by atoms with Crippen molar-refractivity contribution in [1.82, 2.24) is 19.9 Å². The Hall–Kier alpha value is -1.15. The van der Waals surface area contributed by atoms with Gasteiger partial charge in [-0.15, -0.1) is 0 Å². The van der Waals surface area contributed by atoms with Crippen molar-refractivity contribution in [2.45, 2.75) is 84.0 Å². The molecule has 2 aliphatic rings. The number of nitrogens with zero attached hydrogens (tertiary/aromatic N) is 4. The summed E-state index contributed by atoms with van der Waals surface area (Å²) >= 11 is 1.72. The van der Waals surface area contributed by atoms with Crippen LogP contribution in [0.5, 0.6) is 0 Å². The molecule has 1 aliphatic heterocycles. The Morgan fingerprint density at radius 1 is 1.11 bits per heavy atom. The van der Waals surface area contributed by atoms with Gasteiger partial charge in [-0.1, -0.05) is 25.2 Å². The fourth-order valence-electron chi connectivity index (χ4n) is 4.38. The maximum Gasteiger partial charge on any atom is 0.147 e. The zero-order valence-electron chi connectivity index (χ0n) is 17.4. The highest BCUT2D eigenvalue weighted by molar-refractivity contribution is 7.18. The predicted octanol–water partition coefficient (Wildman–Crippen LogP) is 3.40. The Balaban J connectivity index is 1.56. The van der Waals surface area contributed by atoms with Gasteiger partial charge in [0, 0.05) is 25.6 Å². The van der Waals surface area contributed by atoms with Crippen LogP contribution in [0.1, 0.15) is 75.3 Å². The van der Waals surface area contributed by atoms with Gasteiger partial charge in [-0.25, -0.2) is 15.0 Å². The van der Waals surface area contributed by atoms with Gasteiger partial charge < -0.3 is 10.2 Å². The fourth-order valence-corrected chi connectivity index (χ4v) is 5.56. The molecular weight excluding hydrogens is 372 g/mol. The Labute approximate surface area is 171 Å². The van der Waals surface area contributed by atoms with Crippen LogP contribution in [0.3, 0.4) is 0 Å². The molecule has 2 aromatic heterocycles. The van der Waals surface area contributed by atoms with Gasteiger partial charge >= 0.3 is 0 Å². The number of likely N-dealkylation sites (tertiary alicyclic amines) is 1. The number of thiazole rings is 1. The van der Waals surface area contributed by atoms with Crippen molar-refractivity contribution in [1.29, 1.82) is 0 Å². The van der Waals surface area contributed by atoms with Gasteiger partial charge in [-0.2, -0.15) is 0 Å². The largest absolute Gasteiger partial charge is 0.389 e. The van der Waals surface area contributed by atoms with Gasteiger partial charge in [0.15, 0.2) is 0 Å². The van der Waals surface area contributed by atoms with Crippen LogP contribution in [0, 0.1) is 12.3 Å². The molecule has 0 unspecified atom stereocenters. The van der Waals surface area contributed by atoms with E-state index in [-0.39, 0.29) is 0 Å². The number of piperidine rings is 1. The molecule has 0 amide bonds. The second-order valence-electron chi connectivity index (χ2n) is 9.72. The Morgan fingerprint density at radius 3 is 2.50 bits per heavy atom. The highest BCUT2D eigenvalue weighted by Gasteiger charge is 2.36. The molecule has 3 heterocycles. The van der Waals surface area contributed by atoms with E-state index < -0.39 is 11.7 Å². The molecule has 28 heavy (non-hydrogen) atoms. The minimum Gasteiger partial charge on any atom is -0.389 e. The molecule has 2 fully saturated rings. The van der Waals surface area contributed by atoms with Crippen molar-refractivity contribution in [2.24, 2.45) is 5.41 Å².